The SMILES string of the molecule is CSc1nc(-c2ccccc2)nc2ccc([N+](=O)[O-])cc12. The first-order chi connectivity index (χ1) is 10.2. The fraction of sp³-hybridized carbons (Fsp3) is 0.0667. The summed E-state index contributed by atoms with van der Waals surface area (Å²) >= 11 is 1.45. The lowest BCUT2D eigenvalue weighted by molar-refractivity contribution is -0.384. The third kappa shape index (κ3) is 2.57. The summed E-state index contributed by atoms with van der Waals surface area (Å²) in [6.07, 6.45) is 1.90. The second-order valence-electron chi connectivity index (χ2n) is 4.38. The Hall–Kier alpha value is -2.47. The number of aromatic nitrogens is 2. The first kappa shape index (κ1) is 13.5. The van der Waals surface area contributed by atoms with E-state index in [2.05, 4.69) is 9.97 Å². The van der Waals surface area contributed by atoms with Gasteiger partial charge in [-0.3, -0.25) is 10.1 Å². The number of non-ortho nitro benzene ring substituents is 1. The van der Waals surface area contributed by atoms with Crippen LogP contribution in [-0.4, -0.2) is 21.1 Å². The zero-order chi connectivity index (χ0) is 14.8. The molecule has 0 unspecified atom stereocenters. The molecule has 2 aromatic carbocycles. The highest BCUT2D eigenvalue weighted by molar-refractivity contribution is 7.98. The third-order valence-electron chi connectivity index (χ3n) is 3.08. The minimum absolute atomic E-state index is 0.0499. The topological polar surface area (TPSA) is 68.9 Å². The van der Waals surface area contributed by atoms with Gasteiger partial charge in [0, 0.05) is 23.1 Å². The van der Waals surface area contributed by atoms with Crippen LogP contribution in [0.3, 0.4) is 0 Å². The van der Waals surface area contributed by atoms with Crippen LogP contribution in [-0.2, 0) is 0 Å². The number of nitro benzene ring substituents is 1. The number of hydrogen-bond acceptors (Lipinski definition) is 5. The summed E-state index contributed by atoms with van der Waals surface area (Å²) in [6, 6.07) is 14.3. The number of hydrogen-bond donors (Lipinski definition) is 0. The van der Waals surface area contributed by atoms with Gasteiger partial charge in [0.15, 0.2) is 5.82 Å². The fourth-order valence-electron chi connectivity index (χ4n) is 2.07. The Morgan fingerprint density at radius 1 is 1.10 bits per heavy atom. The Balaban J connectivity index is 2.23. The van der Waals surface area contributed by atoms with Gasteiger partial charge < -0.3 is 0 Å². The summed E-state index contributed by atoms with van der Waals surface area (Å²) < 4.78 is 0. The number of nitrogens with zero attached hydrogens (tertiary/aromatic N) is 3. The molecule has 0 N–H and O–H groups in total. The molecule has 0 spiro atoms. The van der Waals surface area contributed by atoms with E-state index < -0.39 is 4.92 Å². The molecule has 3 aromatic rings. The van der Waals surface area contributed by atoms with E-state index in [1.165, 1.54) is 23.9 Å². The zero-order valence-electron chi connectivity index (χ0n) is 11.2. The summed E-state index contributed by atoms with van der Waals surface area (Å²) in [5.41, 5.74) is 1.68. The average molecular weight is 297 g/mol. The van der Waals surface area contributed by atoms with Gasteiger partial charge in [-0.15, -0.1) is 11.8 Å². The molecule has 0 bridgehead atoms. The number of rotatable bonds is 3. The molecular formula is C15H11N3O2S. The van der Waals surface area contributed by atoms with Crippen molar-refractivity contribution in [2.75, 3.05) is 6.26 Å². The standard InChI is InChI=1S/C15H11N3O2S/c1-21-15-12-9-11(18(19)20)7-8-13(12)16-14(17-15)10-5-3-2-4-6-10/h2-9H,1H3. The van der Waals surface area contributed by atoms with Crippen molar-refractivity contribution in [2.24, 2.45) is 0 Å². The predicted molar refractivity (Wildman–Crippen MR) is 83.4 cm³/mol. The maximum Gasteiger partial charge on any atom is 0.270 e. The molecule has 0 saturated heterocycles. The van der Waals surface area contributed by atoms with Crippen molar-refractivity contribution in [1.29, 1.82) is 0 Å². The van der Waals surface area contributed by atoms with E-state index in [1.807, 2.05) is 36.6 Å². The Morgan fingerprint density at radius 3 is 2.52 bits per heavy atom. The number of thioether (sulfide) groups is 1. The summed E-state index contributed by atoms with van der Waals surface area (Å²) in [5, 5.41) is 12.3. The lowest BCUT2D eigenvalue weighted by Crippen LogP contribution is -1.95. The van der Waals surface area contributed by atoms with Crippen LogP contribution in [0.4, 0.5) is 5.69 Å². The highest BCUT2D eigenvalue weighted by Gasteiger charge is 2.13. The fourth-order valence-corrected chi connectivity index (χ4v) is 2.63. The lowest BCUT2D eigenvalue weighted by atomic mass is 10.2. The molecule has 6 heteroatoms. The molecule has 104 valence electrons. The van der Waals surface area contributed by atoms with Crippen LogP contribution in [0.2, 0.25) is 0 Å². The second kappa shape index (κ2) is 5.49. The van der Waals surface area contributed by atoms with Crippen molar-refractivity contribution in [1.82, 2.24) is 9.97 Å². The van der Waals surface area contributed by atoms with Crippen molar-refractivity contribution >= 4 is 28.4 Å². The Bertz CT molecular complexity index is 822. The van der Waals surface area contributed by atoms with Crippen molar-refractivity contribution in [2.45, 2.75) is 5.03 Å². The highest BCUT2D eigenvalue weighted by Crippen LogP contribution is 2.29. The maximum absolute atomic E-state index is 10.9. The van der Waals surface area contributed by atoms with Crippen LogP contribution in [0.1, 0.15) is 0 Å². The molecule has 0 aliphatic heterocycles. The van der Waals surface area contributed by atoms with Crippen molar-refractivity contribution in [3.05, 3.63) is 58.6 Å². The van der Waals surface area contributed by atoms with Gasteiger partial charge in [-0.2, -0.15) is 0 Å². The summed E-state index contributed by atoms with van der Waals surface area (Å²) in [4.78, 5) is 19.5. The van der Waals surface area contributed by atoms with Gasteiger partial charge in [-0.25, -0.2) is 9.97 Å². The molecule has 0 fully saturated rings. The van der Waals surface area contributed by atoms with E-state index in [1.54, 1.807) is 6.07 Å². The van der Waals surface area contributed by atoms with E-state index in [4.69, 9.17) is 0 Å². The molecule has 0 atom stereocenters. The molecule has 0 aliphatic carbocycles. The van der Waals surface area contributed by atoms with Crippen molar-refractivity contribution < 1.29 is 4.92 Å². The van der Waals surface area contributed by atoms with Crippen LogP contribution >= 0.6 is 11.8 Å². The summed E-state index contributed by atoms with van der Waals surface area (Å²) in [7, 11) is 0. The molecule has 21 heavy (non-hydrogen) atoms. The van der Waals surface area contributed by atoms with Gasteiger partial charge in [0.1, 0.15) is 5.03 Å². The monoisotopic (exact) mass is 297 g/mol. The largest absolute Gasteiger partial charge is 0.270 e. The second-order valence-corrected chi connectivity index (χ2v) is 5.18. The average Bonchev–Trinajstić information content (AvgIpc) is 2.54. The first-order valence-electron chi connectivity index (χ1n) is 6.24. The van der Waals surface area contributed by atoms with E-state index in [0.29, 0.717) is 16.7 Å². The maximum atomic E-state index is 10.9. The summed E-state index contributed by atoms with van der Waals surface area (Å²) in [6.45, 7) is 0. The van der Waals surface area contributed by atoms with E-state index in [9.17, 15) is 10.1 Å². The minimum Gasteiger partial charge on any atom is -0.258 e. The quantitative estimate of drug-likeness (QED) is 0.317. The van der Waals surface area contributed by atoms with Gasteiger partial charge in [0.2, 0.25) is 0 Å². The van der Waals surface area contributed by atoms with Gasteiger partial charge in [0.25, 0.3) is 5.69 Å². The number of fused-ring (bicyclic) bond motifs is 1. The van der Waals surface area contributed by atoms with Gasteiger partial charge in [0.05, 0.1) is 10.4 Å². The van der Waals surface area contributed by atoms with Crippen LogP contribution < -0.4 is 0 Å². The number of benzene rings is 2. The number of nitro groups is 1. The smallest absolute Gasteiger partial charge is 0.258 e. The van der Waals surface area contributed by atoms with Crippen molar-refractivity contribution in [3.8, 4) is 11.4 Å². The zero-order valence-corrected chi connectivity index (χ0v) is 12.0. The molecule has 0 radical (unpaired) electrons. The van der Waals surface area contributed by atoms with Crippen LogP contribution in [0, 0.1) is 10.1 Å². The molecule has 1 heterocycles. The lowest BCUT2D eigenvalue weighted by Gasteiger charge is -2.06. The van der Waals surface area contributed by atoms with E-state index in [0.717, 1.165) is 10.6 Å². The Kier molecular flexibility index (Phi) is 3.53. The first-order valence-corrected chi connectivity index (χ1v) is 7.47. The Morgan fingerprint density at radius 2 is 1.86 bits per heavy atom. The highest BCUT2D eigenvalue weighted by atomic mass is 32.2. The molecule has 1 aromatic heterocycles. The van der Waals surface area contributed by atoms with Gasteiger partial charge in [-0.05, 0) is 12.3 Å². The third-order valence-corrected chi connectivity index (χ3v) is 3.78. The van der Waals surface area contributed by atoms with E-state index in [-0.39, 0.29) is 5.69 Å². The molecule has 3 rings (SSSR count). The molecule has 0 amide bonds. The van der Waals surface area contributed by atoms with Gasteiger partial charge >= 0.3 is 0 Å². The molecular weight excluding hydrogens is 286 g/mol. The predicted octanol–water partition coefficient (Wildman–Crippen LogP) is 3.93. The molecule has 5 nitrogen and oxygen atoms in total. The normalized spacial score (nSPS) is 10.7. The van der Waals surface area contributed by atoms with Crippen LogP contribution in [0.25, 0.3) is 22.3 Å². The minimum atomic E-state index is -0.408. The van der Waals surface area contributed by atoms with Gasteiger partial charge in [-0.1, -0.05) is 30.3 Å². The van der Waals surface area contributed by atoms with Crippen molar-refractivity contribution in [3.63, 3.8) is 0 Å². The molecule has 0 aliphatic rings. The summed E-state index contributed by atoms with van der Waals surface area (Å²) in [5.74, 6) is 0.626. The Labute approximate surface area is 125 Å². The molecule has 0 saturated carbocycles. The van der Waals surface area contributed by atoms with E-state index >= 15 is 0 Å². The van der Waals surface area contributed by atoms with Crippen LogP contribution in [0.15, 0.2) is 53.6 Å². The van der Waals surface area contributed by atoms with Crippen LogP contribution in [0.5, 0.6) is 0 Å².